The molecule has 1 heterocycles. The first-order valence-electron chi connectivity index (χ1n) is 7.42. The van der Waals surface area contributed by atoms with Crippen LogP contribution in [-0.2, 0) is 17.6 Å². The van der Waals surface area contributed by atoms with Crippen LogP contribution in [0.3, 0.4) is 0 Å². The molecule has 5 heteroatoms. The molecule has 0 fully saturated rings. The van der Waals surface area contributed by atoms with Gasteiger partial charge in [-0.3, -0.25) is 4.79 Å². The van der Waals surface area contributed by atoms with Gasteiger partial charge in [0, 0.05) is 17.3 Å². The average Bonchev–Trinajstić information content (AvgIpc) is 2.97. The van der Waals surface area contributed by atoms with Gasteiger partial charge in [-0.15, -0.1) is 0 Å². The number of ether oxygens (including phenoxy) is 2. The number of benzene rings is 2. The molecule has 0 unspecified atom stereocenters. The Kier molecular flexibility index (Phi) is 4.44. The summed E-state index contributed by atoms with van der Waals surface area (Å²) in [5.41, 5.74) is 2.98. The number of anilines is 1. The summed E-state index contributed by atoms with van der Waals surface area (Å²) in [6.45, 7) is 0.696. The summed E-state index contributed by atoms with van der Waals surface area (Å²) in [5.74, 6) is 1.36. The monoisotopic (exact) mass is 331 g/mol. The molecule has 0 atom stereocenters. The lowest BCUT2D eigenvalue weighted by molar-refractivity contribution is -0.117. The van der Waals surface area contributed by atoms with Crippen LogP contribution >= 0.6 is 11.6 Å². The maximum absolute atomic E-state index is 12.6. The first-order valence-corrected chi connectivity index (χ1v) is 7.80. The summed E-state index contributed by atoms with van der Waals surface area (Å²) in [7, 11) is 3.18. The lowest BCUT2D eigenvalue weighted by atomic mass is 10.1. The van der Waals surface area contributed by atoms with E-state index in [1.807, 2.05) is 41.3 Å². The Bertz CT molecular complexity index is 745. The van der Waals surface area contributed by atoms with Crippen LogP contribution in [0.1, 0.15) is 11.1 Å². The molecule has 0 aliphatic carbocycles. The van der Waals surface area contributed by atoms with Crippen molar-refractivity contribution < 1.29 is 14.3 Å². The van der Waals surface area contributed by atoms with E-state index in [4.69, 9.17) is 21.1 Å². The second kappa shape index (κ2) is 6.50. The fourth-order valence-electron chi connectivity index (χ4n) is 2.89. The summed E-state index contributed by atoms with van der Waals surface area (Å²) in [6, 6.07) is 11.2. The number of carbonyl (C=O) groups excluding carboxylic acids is 1. The van der Waals surface area contributed by atoms with Gasteiger partial charge in [0.05, 0.1) is 20.6 Å². The molecule has 0 aromatic heterocycles. The Labute approximate surface area is 140 Å². The number of carbonyl (C=O) groups is 1. The predicted octanol–water partition coefficient (Wildman–Crippen LogP) is 3.49. The summed E-state index contributed by atoms with van der Waals surface area (Å²) >= 11 is 6.01. The fourth-order valence-corrected chi connectivity index (χ4v) is 3.08. The topological polar surface area (TPSA) is 38.8 Å². The highest BCUT2D eigenvalue weighted by atomic mass is 35.5. The zero-order chi connectivity index (χ0) is 16.4. The summed E-state index contributed by atoms with van der Waals surface area (Å²) in [4.78, 5) is 14.5. The molecule has 23 heavy (non-hydrogen) atoms. The van der Waals surface area contributed by atoms with E-state index in [0.717, 1.165) is 23.2 Å². The van der Waals surface area contributed by atoms with Crippen molar-refractivity contribution in [1.82, 2.24) is 0 Å². The smallest absolute Gasteiger partial charge is 0.231 e. The van der Waals surface area contributed by atoms with E-state index in [-0.39, 0.29) is 5.91 Å². The van der Waals surface area contributed by atoms with Crippen LogP contribution in [0.4, 0.5) is 5.69 Å². The van der Waals surface area contributed by atoms with E-state index in [1.165, 1.54) is 0 Å². The van der Waals surface area contributed by atoms with Crippen LogP contribution in [0.15, 0.2) is 36.4 Å². The Morgan fingerprint density at radius 3 is 2.65 bits per heavy atom. The number of rotatable bonds is 4. The molecule has 0 radical (unpaired) electrons. The first-order chi connectivity index (χ1) is 11.1. The number of nitrogens with zero attached hydrogens (tertiary/aromatic N) is 1. The molecule has 1 aliphatic rings. The minimum atomic E-state index is 0.0679. The molecule has 120 valence electrons. The van der Waals surface area contributed by atoms with Crippen LogP contribution < -0.4 is 14.4 Å². The second-order valence-corrected chi connectivity index (χ2v) is 5.87. The van der Waals surface area contributed by atoms with Crippen LogP contribution in [0, 0.1) is 0 Å². The molecule has 0 bridgehead atoms. The van der Waals surface area contributed by atoms with Gasteiger partial charge >= 0.3 is 0 Å². The van der Waals surface area contributed by atoms with Gasteiger partial charge < -0.3 is 14.4 Å². The average molecular weight is 332 g/mol. The molecular formula is C18H18ClNO3. The Morgan fingerprint density at radius 2 is 1.91 bits per heavy atom. The summed E-state index contributed by atoms with van der Waals surface area (Å²) < 4.78 is 10.5. The van der Waals surface area contributed by atoms with Crippen molar-refractivity contribution in [3.63, 3.8) is 0 Å². The van der Waals surface area contributed by atoms with E-state index >= 15 is 0 Å². The molecule has 4 nitrogen and oxygen atoms in total. The van der Waals surface area contributed by atoms with Gasteiger partial charge in [0.1, 0.15) is 0 Å². The van der Waals surface area contributed by atoms with Crippen LogP contribution in [-0.4, -0.2) is 26.7 Å². The van der Waals surface area contributed by atoms with Crippen molar-refractivity contribution in [2.45, 2.75) is 12.8 Å². The molecule has 0 N–H and O–H groups in total. The quantitative estimate of drug-likeness (QED) is 0.861. The predicted molar refractivity (Wildman–Crippen MR) is 90.8 cm³/mol. The van der Waals surface area contributed by atoms with Gasteiger partial charge in [0.15, 0.2) is 11.5 Å². The molecule has 2 aromatic rings. The van der Waals surface area contributed by atoms with Crippen molar-refractivity contribution in [3.8, 4) is 11.5 Å². The Balaban J connectivity index is 1.79. The fraction of sp³-hybridized carbons (Fsp3) is 0.278. The van der Waals surface area contributed by atoms with E-state index in [1.54, 1.807) is 14.2 Å². The molecule has 2 aromatic carbocycles. The standard InChI is InChI=1S/C18H18ClNO3/c1-22-16-6-3-12(9-17(16)23-2)10-18(21)20-8-7-13-11-14(19)4-5-15(13)20/h3-6,9,11H,7-8,10H2,1-2H3. The number of hydrogen-bond donors (Lipinski definition) is 0. The molecule has 0 spiro atoms. The van der Waals surface area contributed by atoms with Gasteiger partial charge in [-0.25, -0.2) is 0 Å². The number of hydrogen-bond acceptors (Lipinski definition) is 3. The van der Waals surface area contributed by atoms with Crippen molar-refractivity contribution in [3.05, 3.63) is 52.5 Å². The largest absolute Gasteiger partial charge is 0.493 e. The van der Waals surface area contributed by atoms with Crippen LogP contribution in [0.5, 0.6) is 11.5 Å². The molecule has 0 saturated carbocycles. The highest BCUT2D eigenvalue weighted by molar-refractivity contribution is 6.30. The van der Waals surface area contributed by atoms with Gasteiger partial charge in [0.2, 0.25) is 5.91 Å². The number of methoxy groups -OCH3 is 2. The summed E-state index contributed by atoms with van der Waals surface area (Å²) in [6.07, 6.45) is 1.16. The van der Waals surface area contributed by atoms with E-state index in [9.17, 15) is 4.79 Å². The zero-order valence-corrected chi connectivity index (χ0v) is 13.9. The van der Waals surface area contributed by atoms with Gasteiger partial charge in [-0.1, -0.05) is 17.7 Å². The highest BCUT2D eigenvalue weighted by Gasteiger charge is 2.24. The SMILES string of the molecule is COc1ccc(CC(=O)N2CCc3cc(Cl)ccc32)cc1OC. The third kappa shape index (κ3) is 3.13. The van der Waals surface area contributed by atoms with Gasteiger partial charge in [0.25, 0.3) is 0 Å². The van der Waals surface area contributed by atoms with Gasteiger partial charge in [-0.05, 0) is 47.9 Å². The van der Waals surface area contributed by atoms with Crippen LogP contribution in [0.25, 0.3) is 0 Å². The second-order valence-electron chi connectivity index (χ2n) is 5.43. The molecule has 3 rings (SSSR count). The Morgan fingerprint density at radius 1 is 1.13 bits per heavy atom. The third-order valence-electron chi connectivity index (χ3n) is 4.04. The maximum Gasteiger partial charge on any atom is 0.231 e. The van der Waals surface area contributed by atoms with Gasteiger partial charge in [-0.2, -0.15) is 0 Å². The zero-order valence-electron chi connectivity index (χ0n) is 13.1. The van der Waals surface area contributed by atoms with Crippen molar-refractivity contribution in [1.29, 1.82) is 0 Å². The van der Waals surface area contributed by atoms with E-state index < -0.39 is 0 Å². The highest BCUT2D eigenvalue weighted by Crippen LogP contribution is 2.32. The van der Waals surface area contributed by atoms with E-state index in [0.29, 0.717) is 29.5 Å². The molecule has 1 amide bonds. The minimum absolute atomic E-state index is 0.0679. The Hall–Kier alpha value is -2.20. The minimum Gasteiger partial charge on any atom is -0.493 e. The maximum atomic E-state index is 12.6. The summed E-state index contributed by atoms with van der Waals surface area (Å²) in [5, 5.41) is 0.706. The first kappa shape index (κ1) is 15.7. The van der Waals surface area contributed by atoms with E-state index in [2.05, 4.69) is 0 Å². The van der Waals surface area contributed by atoms with Crippen LogP contribution in [0.2, 0.25) is 5.02 Å². The number of fused-ring (bicyclic) bond motifs is 1. The lowest BCUT2D eigenvalue weighted by Gasteiger charge is -2.18. The number of amides is 1. The van der Waals surface area contributed by atoms with Crippen molar-refractivity contribution in [2.75, 3.05) is 25.7 Å². The van der Waals surface area contributed by atoms with Crippen molar-refractivity contribution >= 4 is 23.2 Å². The molecule has 0 saturated heterocycles. The number of halogens is 1. The lowest BCUT2D eigenvalue weighted by Crippen LogP contribution is -2.30. The van der Waals surface area contributed by atoms with Crippen molar-refractivity contribution in [2.24, 2.45) is 0 Å². The molecule has 1 aliphatic heterocycles. The molecular weight excluding hydrogens is 314 g/mol. The third-order valence-corrected chi connectivity index (χ3v) is 4.28. The normalized spacial score (nSPS) is 12.9.